The Bertz CT molecular complexity index is 352. The highest BCUT2D eigenvalue weighted by Crippen LogP contribution is 2.13. The SMILES string of the molecule is CC[C@H](O)c1cnc(C)c(C(N)=O)n1. The van der Waals surface area contributed by atoms with Crippen molar-refractivity contribution in [3.05, 3.63) is 23.3 Å². The number of aromatic nitrogens is 2. The molecule has 0 spiro atoms. The van der Waals surface area contributed by atoms with Crippen LogP contribution >= 0.6 is 0 Å². The number of carbonyl (C=O) groups is 1. The van der Waals surface area contributed by atoms with Gasteiger partial charge in [-0.3, -0.25) is 9.78 Å². The van der Waals surface area contributed by atoms with Gasteiger partial charge >= 0.3 is 0 Å². The van der Waals surface area contributed by atoms with Crippen molar-refractivity contribution in [1.82, 2.24) is 9.97 Å². The van der Waals surface area contributed by atoms with Crippen LogP contribution in [0.3, 0.4) is 0 Å². The first kappa shape index (κ1) is 10.6. The fourth-order valence-corrected chi connectivity index (χ4v) is 1.07. The van der Waals surface area contributed by atoms with Crippen LogP contribution in [0, 0.1) is 6.92 Å². The van der Waals surface area contributed by atoms with Gasteiger partial charge in [0, 0.05) is 0 Å². The molecule has 0 radical (unpaired) electrons. The minimum Gasteiger partial charge on any atom is -0.387 e. The Hall–Kier alpha value is -1.49. The van der Waals surface area contributed by atoms with E-state index >= 15 is 0 Å². The molecule has 76 valence electrons. The summed E-state index contributed by atoms with van der Waals surface area (Å²) in [4.78, 5) is 18.8. The summed E-state index contributed by atoms with van der Waals surface area (Å²) in [6.45, 7) is 3.46. The van der Waals surface area contributed by atoms with Crippen LogP contribution in [0.4, 0.5) is 0 Å². The smallest absolute Gasteiger partial charge is 0.269 e. The van der Waals surface area contributed by atoms with E-state index in [0.717, 1.165) is 0 Å². The summed E-state index contributed by atoms with van der Waals surface area (Å²) in [6.07, 6.45) is 1.28. The molecule has 0 aromatic carbocycles. The number of aryl methyl sites for hydroxylation is 1. The van der Waals surface area contributed by atoms with Crippen molar-refractivity contribution >= 4 is 5.91 Å². The Kier molecular flexibility index (Phi) is 3.14. The number of carbonyl (C=O) groups excluding carboxylic acids is 1. The van der Waals surface area contributed by atoms with Crippen molar-refractivity contribution in [2.24, 2.45) is 5.73 Å². The maximum Gasteiger partial charge on any atom is 0.269 e. The third kappa shape index (κ3) is 2.05. The van der Waals surface area contributed by atoms with Crippen LogP contribution in [-0.2, 0) is 0 Å². The molecule has 1 rings (SSSR count). The molecule has 1 aromatic rings. The average Bonchev–Trinajstić information content (AvgIpc) is 2.17. The van der Waals surface area contributed by atoms with Crippen LogP contribution in [0.5, 0.6) is 0 Å². The average molecular weight is 195 g/mol. The zero-order valence-electron chi connectivity index (χ0n) is 8.19. The van der Waals surface area contributed by atoms with E-state index in [1.807, 2.05) is 6.92 Å². The van der Waals surface area contributed by atoms with Gasteiger partial charge in [-0.1, -0.05) is 6.92 Å². The molecule has 1 heterocycles. The van der Waals surface area contributed by atoms with Crippen molar-refractivity contribution in [2.75, 3.05) is 0 Å². The highest BCUT2D eigenvalue weighted by Gasteiger charge is 2.13. The van der Waals surface area contributed by atoms with Crippen LogP contribution in [-0.4, -0.2) is 21.0 Å². The van der Waals surface area contributed by atoms with Crippen LogP contribution in [0.1, 0.15) is 41.3 Å². The molecule has 1 atom stereocenters. The molecular formula is C9H13N3O2. The standard InChI is InChI=1S/C9H13N3O2/c1-3-7(13)6-4-11-5(2)8(12-6)9(10)14/h4,7,13H,3H2,1-2H3,(H2,10,14)/t7-/m0/s1. The second-order valence-electron chi connectivity index (χ2n) is 3.02. The van der Waals surface area contributed by atoms with Crippen LogP contribution in [0.2, 0.25) is 0 Å². The molecule has 0 bridgehead atoms. The Morgan fingerprint density at radius 2 is 2.36 bits per heavy atom. The zero-order chi connectivity index (χ0) is 10.7. The molecule has 5 nitrogen and oxygen atoms in total. The van der Waals surface area contributed by atoms with E-state index in [0.29, 0.717) is 17.8 Å². The Labute approximate surface area is 82.0 Å². The van der Waals surface area contributed by atoms with E-state index in [1.54, 1.807) is 6.92 Å². The molecule has 0 aliphatic heterocycles. The molecule has 5 heteroatoms. The minimum absolute atomic E-state index is 0.120. The third-order valence-corrected chi connectivity index (χ3v) is 1.94. The number of hydrogen-bond donors (Lipinski definition) is 2. The van der Waals surface area contributed by atoms with Gasteiger partial charge in [0.2, 0.25) is 0 Å². The fourth-order valence-electron chi connectivity index (χ4n) is 1.07. The summed E-state index contributed by atoms with van der Waals surface area (Å²) in [5.41, 5.74) is 6.08. The van der Waals surface area contributed by atoms with E-state index in [9.17, 15) is 9.90 Å². The molecule has 0 fully saturated rings. The van der Waals surface area contributed by atoms with Crippen molar-refractivity contribution in [1.29, 1.82) is 0 Å². The summed E-state index contributed by atoms with van der Waals surface area (Å²) >= 11 is 0. The Balaban J connectivity index is 3.12. The first-order chi connectivity index (χ1) is 6.56. The van der Waals surface area contributed by atoms with Gasteiger partial charge < -0.3 is 10.8 Å². The van der Waals surface area contributed by atoms with Gasteiger partial charge in [-0.2, -0.15) is 0 Å². The monoisotopic (exact) mass is 195 g/mol. The lowest BCUT2D eigenvalue weighted by atomic mass is 10.2. The second-order valence-corrected chi connectivity index (χ2v) is 3.02. The minimum atomic E-state index is -0.693. The lowest BCUT2D eigenvalue weighted by molar-refractivity contribution is 0.0993. The van der Waals surface area contributed by atoms with Gasteiger partial charge in [-0.05, 0) is 13.3 Å². The Morgan fingerprint density at radius 3 is 2.86 bits per heavy atom. The van der Waals surface area contributed by atoms with Gasteiger partial charge in [-0.15, -0.1) is 0 Å². The summed E-state index contributed by atoms with van der Waals surface area (Å²) in [6, 6.07) is 0. The Morgan fingerprint density at radius 1 is 1.71 bits per heavy atom. The van der Waals surface area contributed by atoms with E-state index in [4.69, 9.17) is 5.73 Å². The van der Waals surface area contributed by atoms with E-state index in [2.05, 4.69) is 9.97 Å². The van der Waals surface area contributed by atoms with Gasteiger partial charge in [0.25, 0.3) is 5.91 Å². The highest BCUT2D eigenvalue weighted by molar-refractivity contribution is 5.91. The van der Waals surface area contributed by atoms with E-state index in [1.165, 1.54) is 6.20 Å². The molecule has 0 unspecified atom stereocenters. The number of amides is 1. The molecule has 0 saturated carbocycles. The van der Waals surface area contributed by atoms with Gasteiger partial charge in [0.05, 0.1) is 23.7 Å². The van der Waals surface area contributed by atoms with Gasteiger partial charge in [0.1, 0.15) is 5.69 Å². The summed E-state index contributed by atoms with van der Waals surface area (Å²) in [5, 5.41) is 9.47. The zero-order valence-corrected chi connectivity index (χ0v) is 8.19. The lowest BCUT2D eigenvalue weighted by Crippen LogP contribution is -2.17. The first-order valence-electron chi connectivity index (χ1n) is 4.37. The number of hydrogen-bond acceptors (Lipinski definition) is 4. The van der Waals surface area contributed by atoms with Gasteiger partial charge in [-0.25, -0.2) is 4.98 Å². The maximum atomic E-state index is 10.9. The lowest BCUT2D eigenvalue weighted by Gasteiger charge is -2.08. The normalized spacial score (nSPS) is 12.5. The van der Waals surface area contributed by atoms with Crippen molar-refractivity contribution in [2.45, 2.75) is 26.4 Å². The molecule has 14 heavy (non-hydrogen) atoms. The molecule has 0 aliphatic rings. The van der Waals surface area contributed by atoms with Crippen molar-refractivity contribution in [3.8, 4) is 0 Å². The summed E-state index contributed by atoms with van der Waals surface area (Å²) < 4.78 is 0. The van der Waals surface area contributed by atoms with E-state index < -0.39 is 12.0 Å². The molecule has 3 N–H and O–H groups in total. The predicted molar refractivity (Wildman–Crippen MR) is 50.5 cm³/mol. The molecule has 1 amide bonds. The fraction of sp³-hybridized carbons (Fsp3) is 0.444. The maximum absolute atomic E-state index is 10.9. The molecule has 1 aromatic heterocycles. The largest absolute Gasteiger partial charge is 0.387 e. The van der Waals surface area contributed by atoms with Crippen molar-refractivity contribution < 1.29 is 9.90 Å². The van der Waals surface area contributed by atoms with Crippen molar-refractivity contribution in [3.63, 3.8) is 0 Å². The van der Waals surface area contributed by atoms with Gasteiger partial charge in [0.15, 0.2) is 0 Å². The number of nitrogens with zero attached hydrogens (tertiary/aromatic N) is 2. The topological polar surface area (TPSA) is 89.1 Å². The number of aliphatic hydroxyl groups excluding tert-OH is 1. The van der Waals surface area contributed by atoms with Crippen LogP contribution < -0.4 is 5.73 Å². The summed E-state index contributed by atoms with van der Waals surface area (Å²) in [7, 11) is 0. The third-order valence-electron chi connectivity index (χ3n) is 1.94. The quantitative estimate of drug-likeness (QED) is 0.727. The van der Waals surface area contributed by atoms with Crippen LogP contribution in [0.25, 0.3) is 0 Å². The number of primary amides is 1. The number of rotatable bonds is 3. The molecular weight excluding hydrogens is 182 g/mol. The first-order valence-corrected chi connectivity index (χ1v) is 4.37. The number of aliphatic hydroxyl groups is 1. The van der Waals surface area contributed by atoms with E-state index in [-0.39, 0.29) is 5.69 Å². The molecule has 0 aliphatic carbocycles. The second kappa shape index (κ2) is 4.15. The molecule has 0 saturated heterocycles. The number of nitrogens with two attached hydrogens (primary N) is 1. The summed E-state index contributed by atoms with van der Waals surface area (Å²) in [5.74, 6) is -0.625. The highest BCUT2D eigenvalue weighted by atomic mass is 16.3. The predicted octanol–water partition coefficient (Wildman–Crippen LogP) is 0.327. The van der Waals surface area contributed by atoms with Crippen LogP contribution in [0.15, 0.2) is 6.20 Å².